The maximum absolute atomic E-state index is 12.6. The molecule has 0 bridgehead atoms. The van der Waals surface area contributed by atoms with E-state index in [-0.39, 0.29) is 11.7 Å². The van der Waals surface area contributed by atoms with Crippen molar-refractivity contribution < 1.29 is 14.7 Å². The lowest BCUT2D eigenvalue weighted by Crippen LogP contribution is -2.47. The molecule has 0 aromatic heterocycles. The van der Waals surface area contributed by atoms with Gasteiger partial charge in [-0.15, -0.1) is 0 Å². The van der Waals surface area contributed by atoms with Gasteiger partial charge in [0.15, 0.2) is 5.84 Å². The molecular formula is C15H23N3O3. The second kappa shape index (κ2) is 6.97. The Bertz CT molecular complexity index is 513. The van der Waals surface area contributed by atoms with Gasteiger partial charge in [0.25, 0.3) is 0 Å². The van der Waals surface area contributed by atoms with E-state index >= 15 is 0 Å². The molecule has 1 aromatic rings. The van der Waals surface area contributed by atoms with Crippen LogP contribution in [-0.4, -0.2) is 36.0 Å². The largest absolute Gasteiger partial charge is 0.497 e. The minimum Gasteiger partial charge on any atom is -0.497 e. The SMILES string of the molecule is CCC(C)(C(=O)N(C)Cc1ccc(OC)cc1)/C(N)=N/O. The molecule has 1 unspecified atom stereocenters. The molecule has 0 heterocycles. The number of carbonyl (C=O) groups is 1. The number of nitrogens with two attached hydrogens (primary N) is 1. The van der Waals surface area contributed by atoms with Crippen molar-refractivity contribution in [3.63, 3.8) is 0 Å². The van der Waals surface area contributed by atoms with Crippen molar-refractivity contribution in [3.05, 3.63) is 29.8 Å². The fourth-order valence-corrected chi connectivity index (χ4v) is 2.05. The van der Waals surface area contributed by atoms with Crippen molar-refractivity contribution in [1.82, 2.24) is 4.90 Å². The van der Waals surface area contributed by atoms with Gasteiger partial charge in [0.1, 0.15) is 11.2 Å². The first kappa shape index (κ1) is 16.8. The molecule has 1 rings (SSSR count). The molecule has 1 atom stereocenters. The van der Waals surface area contributed by atoms with Crippen LogP contribution in [0.2, 0.25) is 0 Å². The van der Waals surface area contributed by atoms with E-state index in [4.69, 9.17) is 15.7 Å². The number of rotatable bonds is 6. The summed E-state index contributed by atoms with van der Waals surface area (Å²) in [5.74, 6) is 0.510. The lowest BCUT2D eigenvalue weighted by Gasteiger charge is -2.30. The van der Waals surface area contributed by atoms with Crippen LogP contribution in [0.25, 0.3) is 0 Å². The zero-order valence-corrected chi connectivity index (χ0v) is 13.0. The standard InChI is InChI=1S/C15H23N3O3/c1-5-15(2,13(16)17-20)14(19)18(3)10-11-6-8-12(21-4)9-7-11/h6-9,20H,5,10H2,1-4H3,(H2,16,17). The average molecular weight is 293 g/mol. The number of carbonyl (C=O) groups excluding carboxylic acids is 1. The second-order valence-electron chi connectivity index (χ2n) is 5.18. The Morgan fingerprint density at radius 1 is 1.43 bits per heavy atom. The highest BCUT2D eigenvalue weighted by Gasteiger charge is 2.38. The molecular weight excluding hydrogens is 270 g/mol. The van der Waals surface area contributed by atoms with Gasteiger partial charge in [-0.3, -0.25) is 4.79 Å². The Balaban J connectivity index is 2.86. The highest BCUT2D eigenvalue weighted by molar-refractivity contribution is 6.06. The van der Waals surface area contributed by atoms with E-state index in [2.05, 4.69) is 5.16 Å². The number of amides is 1. The molecule has 0 fully saturated rings. The summed E-state index contributed by atoms with van der Waals surface area (Å²) in [4.78, 5) is 14.1. The predicted octanol–water partition coefficient (Wildman–Crippen LogP) is 1.82. The fraction of sp³-hybridized carbons (Fsp3) is 0.467. The number of hydrogen-bond acceptors (Lipinski definition) is 4. The summed E-state index contributed by atoms with van der Waals surface area (Å²) >= 11 is 0. The summed E-state index contributed by atoms with van der Waals surface area (Å²) < 4.78 is 5.10. The first-order valence-corrected chi connectivity index (χ1v) is 6.75. The van der Waals surface area contributed by atoms with Crippen molar-refractivity contribution in [1.29, 1.82) is 0 Å². The van der Waals surface area contributed by atoms with Crippen molar-refractivity contribution in [2.45, 2.75) is 26.8 Å². The van der Waals surface area contributed by atoms with Gasteiger partial charge in [0.2, 0.25) is 5.91 Å². The van der Waals surface area contributed by atoms with Gasteiger partial charge in [0.05, 0.1) is 7.11 Å². The Morgan fingerprint density at radius 3 is 2.43 bits per heavy atom. The number of benzene rings is 1. The first-order chi connectivity index (χ1) is 9.88. The monoisotopic (exact) mass is 293 g/mol. The van der Waals surface area contributed by atoms with E-state index in [0.29, 0.717) is 13.0 Å². The fourth-order valence-electron chi connectivity index (χ4n) is 2.05. The average Bonchev–Trinajstić information content (AvgIpc) is 2.53. The number of oxime groups is 1. The molecule has 3 N–H and O–H groups in total. The van der Waals surface area contributed by atoms with Crippen LogP contribution in [-0.2, 0) is 11.3 Å². The van der Waals surface area contributed by atoms with Crippen LogP contribution in [0.15, 0.2) is 29.4 Å². The van der Waals surface area contributed by atoms with Crippen molar-refractivity contribution in [2.75, 3.05) is 14.2 Å². The highest BCUT2D eigenvalue weighted by atomic mass is 16.5. The van der Waals surface area contributed by atoms with Gasteiger partial charge in [-0.05, 0) is 31.0 Å². The molecule has 1 amide bonds. The Kier molecular flexibility index (Phi) is 5.58. The summed E-state index contributed by atoms with van der Waals surface area (Å²) in [5, 5.41) is 11.9. The molecule has 21 heavy (non-hydrogen) atoms. The topological polar surface area (TPSA) is 88.2 Å². The molecule has 0 aliphatic rings. The van der Waals surface area contributed by atoms with E-state index in [1.165, 1.54) is 0 Å². The van der Waals surface area contributed by atoms with E-state index in [1.54, 1.807) is 26.0 Å². The van der Waals surface area contributed by atoms with Crippen molar-refractivity contribution in [3.8, 4) is 5.75 Å². The van der Waals surface area contributed by atoms with Gasteiger partial charge in [-0.2, -0.15) is 0 Å². The van der Waals surface area contributed by atoms with E-state index in [0.717, 1.165) is 11.3 Å². The molecule has 116 valence electrons. The first-order valence-electron chi connectivity index (χ1n) is 6.75. The molecule has 0 saturated carbocycles. The maximum atomic E-state index is 12.6. The lowest BCUT2D eigenvalue weighted by molar-refractivity contribution is -0.137. The van der Waals surface area contributed by atoms with Crippen molar-refractivity contribution >= 4 is 11.7 Å². The van der Waals surface area contributed by atoms with Crippen LogP contribution >= 0.6 is 0 Å². The lowest BCUT2D eigenvalue weighted by atomic mass is 9.84. The van der Waals surface area contributed by atoms with Crippen LogP contribution in [0.1, 0.15) is 25.8 Å². The smallest absolute Gasteiger partial charge is 0.236 e. The third kappa shape index (κ3) is 3.65. The summed E-state index contributed by atoms with van der Waals surface area (Å²) in [6, 6.07) is 7.48. The van der Waals surface area contributed by atoms with Gasteiger partial charge >= 0.3 is 0 Å². The number of nitrogens with zero attached hydrogens (tertiary/aromatic N) is 2. The number of hydrogen-bond donors (Lipinski definition) is 2. The summed E-state index contributed by atoms with van der Waals surface area (Å²) in [6.07, 6.45) is 0.453. The summed E-state index contributed by atoms with van der Waals surface area (Å²) in [5.41, 5.74) is 5.64. The second-order valence-corrected chi connectivity index (χ2v) is 5.18. The normalized spacial score (nSPS) is 14.4. The maximum Gasteiger partial charge on any atom is 0.236 e. The molecule has 1 aromatic carbocycles. The quantitative estimate of drug-likeness (QED) is 0.362. The molecule has 0 aliphatic carbocycles. The van der Waals surface area contributed by atoms with Crippen LogP contribution in [0, 0.1) is 5.41 Å². The minimum absolute atomic E-state index is 0.0726. The van der Waals surface area contributed by atoms with Gasteiger partial charge in [0, 0.05) is 13.6 Å². The third-order valence-corrected chi connectivity index (χ3v) is 3.78. The van der Waals surface area contributed by atoms with Gasteiger partial charge in [-0.1, -0.05) is 24.2 Å². The van der Waals surface area contributed by atoms with Crippen LogP contribution < -0.4 is 10.5 Å². The minimum atomic E-state index is -1.00. The van der Waals surface area contributed by atoms with E-state index < -0.39 is 5.41 Å². The summed E-state index contributed by atoms with van der Waals surface area (Å²) in [7, 11) is 3.31. The number of ether oxygens (including phenoxy) is 1. The van der Waals surface area contributed by atoms with E-state index in [9.17, 15) is 4.79 Å². The van der Waals surface area contributed by atoms with Crippen LogP contribution in [0.5, 0.6) is 5.75 Å². The van der Waals surface area contributed by atoms with Gasteiger partial charge < -0.3 is 20.6 Å². The molecule has 6 heteroatoms. The Labute approximate surface area is 125 Å². The zero-order valence-electron chi connectivity index (χ0n) is 13.0. The van der Waals surface area contributed by atoms with Crippen molar-refractivity contribution in [2.24, 2.45) is 16.3 Å². The summed E-state index contributed by atoms with van der Waals surface area (Å²) in [6.45, 7) is 3.95. The molecule has 0 saturated heterocycles. The third-order valence-electron chi connectivity index (χ3n) is 3.78. The number of methoxy groups -OCH3 is 1. The predicted molar refractivity (Wildman–Crippen MR) is 81.3 cm³/mol. The molecule has 6 nitrogen and oxygen atoms in total. The Morgan fingerprint density at radius 2 is 2.00 bits per heavy atom. The molecule has 0 spiro atoms. The van der Waals surface area contributed by atoms with Crippen LogP contribution in [0.3, 0.4) is 0 Å². The van der Waals surface area contributed by atoms with Gasteiger partial charge in [-0.25, -0.2) is 0 Å². The van der Waals surface area contributed by atoms with E-state index in [1.807, 2.05) is 31.2 Å². The zero-order chi connectivity index (χ0) is 16.0. The number of amidine groups is 1. The Hall–Kier alpha value is -2.24. The molecule has 0 radical (unpaired) electrons. The van der Waals surface area contributed by atoms with Crippen LogP contribution in [0.4, 0.5) is 0 Å². The highest BCUT2D eigenvalue weighted by Crippen LogP contribution is 2.25. The molecule has 0 aliphatic heterocycles.